The lowest BCUT2D eigenvalue weighted by atomic mass is 9.96. The highest BCUT2D eigenvalue weighted by Crippen LogP contribution is 2.32. The van der Waals surface area contributed by atoms with Gasteiger partial charge in [0, 0.05) is 29.6 Å². The second kappa shape index (κ2) is 10.2. The molecule has 3 aromatic carbocycles. The van der Waals surface area contributed by atoms with Crippen LogP contribution in [-0.4, -0.2) is 43.2 Å². The first kappa shape index (κ1) is 24.0. The van der Waals surface area contributed by atoms with E-state index < -0.39 is 6.04 Å². The third-order valence-corrected chi connectivity index (χ3v) is 7.03. The van der Waals surface area contributed by atoms with Gasteiger partial charge in [-0.3, -0.25) is 9.69 Å². The van der Waals surface area contributed by atoms with E-state index in [1.807, 2.05) is 37.3 Å². The molecule has 8 nitrogen and oxygen atoms in total. The first-order valence-electron chi connectivity index (χ1n) is 12.7. The molecule has 0 bridgehead atoms. The van der Waals surface area contributed by atoms with Gasteiger partial charge in [0.15, 0.2) is 5.82 Å². The van der Waals surface area contributed by atoms with Gasteiger partial charge in [-0.25, -0.2) is 9.07 Å². The number of hydrogen-bond donors (Lipinski definition) is 1. The van der Waals surface area contributed by atoms with Crippen molar-refractivity contribution in [1.82, 2.24) is 30.1 Å². The fourth-order valence-electron chi connectivity index (χ4n) is 5.18. The quantitative estimate of drug-likeness (QED) is 0.352. The standard InChI is InChI=1S/C29H27FN6O2/c1-2-38-24-11-12-26-22(15-24)16-25(29(37)31-26)27(35-14-13-20-5-3-4-6-21(20)18-35)28-32-33-34-36(28)17-19-7-9-23(30)10-8-19/h3-12,15-16,27H,2,13-14,17-18H2,1H3,(H,31,37)/t27-/m0/s1. The van der Waals surface area contributed by atoms with Crippen LogP contribution in [0.3, 0.4) is 0 Å². The van der Waals surface area contributed by atoms with Gasteiger partial charge >= 0.3 is 0 Å². The van der Waals surface area contributed by atoms with E-state index in [-0.39, 0.29) is 11.4 Å². The predicted octanol–water partition coefficient (Wildman–Crippen LogP) is 4.25. The Labute approximate surface area is 218 Å². The molecule has 0 radical (unpaired) electrons. The van der Waals surface area contributed by atoms with Gasteiger partial charge in [-0.2, -0.15) is 0 Å². The summed E-state index contributed by atoms with van der Waals surface area (Å²) in [4.78, 5) is 18.8. The summed E-state index contributed by atoms with van der Waals surface area (Å²) < 4.78 is 20.9. The fourth-order valence-corrected chi connectivity index (χ4v) is 5.18. The molecular weight excluding hydrogens is 483 g/mol. The zero-order valence-electron chi connectivity index (χ0n) is 21.0. The smallest absolute Gasteiger partial charge is 0.253 e. The van der Waals surface area contributed by atoms with Crippen LogP contribution in [0.4, 0.5) is 4.39 Å². The lowest BCUT2D eigenvalue weighted by Crippen LogP contribution is -2.38. The van der Waals surface area contributed by atoms with E-state index in [2.05, 4.69) is 43.6 Å². The van der Waals surface area contributed by atoms with Gasteiger partial charge < -0.3 is 9.72 Å². The van der Waals surface area contributed by atoms with Crippen molar-refractivity contribution in [2.24, 2.45) is 0 Å². The van der Waals surface area contributed by atoms with E-state index in [4.69, 9.17) is 4.74 Å². The highest BCUT2D eigenvalue weighted by Gasteiger charge is 2.32. The minimum absolute atomic E-state index is 0.193. The van der Waals surface area contributed by atoms with Crippen molar-refractivity contribution >= 4 is 10.9 Å². The highest BCUT2D eigenvalue weighted by molar-refractivity contribution is 5.80. The van der Waals surface area contributed by atoms with Crippen molar-refractivity contribution < 1.29 is 9.13 Å². The van der Waals surface area contributed by atoms with E-state index in [1.54, 1.807) is 16.8 Å². The van der Waals surface area contributed by atoms with E-state index >= 15 is 0 Å². The van der Waals surface area contributed by atoms with Crippen molar-refractivity contribution in [3.63, 3.8) is 0 Å². The number of tetrazole rings is 1. The van der Waals surface area contributed by atoms with Crippen LogP contribution >= 0.6 is 0 Å². The second-order valence-corrected chi connectivity index (χ2v) is 9.45. The number of aromatic amines is 1. The number of benzene rings is 3. The van der Waals surface area contributed by atoms with Crippen LogP contribution in [0, 0.1) is 5.82 Å². The first-order valence-corrected chi connectivity index (χ1v) is 12.7. The normalized spacial score (nSPS) is 14.4. The van der Waals surface area contributed by atoms with Crippen molar-refractivity contribution in [3.05, 3.63) is 117 Å². The summed E-state index contributed by atoms with van der Waals surface area (Å²) in [5.74, 6) is 0.992. The predicted molar refractivity (Wildman–Crippen MR) is 141 cm³/mol. The molecule has 3 heterocycles. The van der Waals surface area contributed by atoms with Gasteiger partial charge in [0.05, 0.1) is 13.2 Å². The molecule has 6 rings (SSSR count). The zero-order valence-corrected chi connectivity index (χ0v) is 21.0. The molecule has 1 aliphatic rings. The zero-order chi connectivity index (χ0) is 26.1. The average Bonchev–Trinajstić information content (AvgIpc) is 3.38. The Morgan fingerprint density at radius 2 is 1.87 bits per heavy atom. The van der Waals surface area contributed by atoms with E-state index in [0.717, 1.165) is 35.2 Å². The number of aromatic nitrogens is 5. The van der Waals surface area contributed by atoms with Gasteiger partial charge in [-0.05, 0) is 76.9 Å². The van der Waals surface area contributed by atoms with Crippen molar-refractivity contribution in [2.75, 3.05) is 13.2 Å². The number of fused-ring (bicyclic) bond motifs is 2. The first-order chi connectivity index (χ1) is 18.6. The number of H-pyrrole nitrogens is 1. The molecule has 1 N–H and O–H groups in total. The molecule has 0 saturated carbocycles. The molecule has 0 aliphatic carbocycles. The Balaban J connectivity index is 1.47. The highest BCUT2D eigenvalue weighted by atomic mass is 19.1. The third kappa shape index (κ3) is 4.68. The maximum atomic E-state index is 13.5. The van der Waals surface area contributed by atoms with E-state index in [0.29, 0.717) is 31.1 Å². The largest absolute Gasteiger partial charge is 0.494 e. The van der Waals surface area contributed by atoms with Crippen LogP contribution in [0.15, 0.2) is 77.6 Å². The summed E-state index contributed by atoms with van der Waals surface area (Å²) in [6.07, 6.45) is 0.853. The lowest BCUT2D eigenvalue weighted by Gasteiger charge is -2.34. The summed E-state index contributed by atoms with van der Waals surface area (Å²) in [6.45, 7) is 4.23. The summed E-state index contributed by atoms with van der Waals surface area (Å²) in [5.41, 5.74) is 4.48. The molecule has 0 saturated heterocycles. The molecule has 0 unspecified atom stereocenters. The van der Waals surface area contributed by atoms with Crippen molar-refractivity contribution in [1.29, 1.82) is 0 Å². The third-order valence-electron chi connectivity index (χ3n) is 7.03. The molecule has 0 amide bonds. The van der Waals surface area contributed by atoms with Gasteiger partial charge in [-0.1, -0.05) is 36.4 Å². The Bertz CT molecular complexity index is 1650. The SMILES string of the molecule is CCOc1ccc2[nH]c(=O)c([C@@H](c3nnnn3Cc3ccc(F)cc3)N3CCc4ccccc4C3)cc2c1. The van der Waals surface area contributed by atoms with Crippen LogP contribution in [0.5, 0.6) is 5.75 Å². The van der Waals surface area contributed by atoms with Crippen LogP contribution < -0.4 is 10.3 Å². The number of nitrogens with one attached hydrogen (secondary N) is 1. The number of rotatable bonds is 7. The van der Waals surface area contributed by atoms with Crippen LogP contribution in [0.1, 0.15) is 41.0 Å². The molecule has 0 fully saturated rings. The Morgan fingerprint density at radius 3 is 2.68 bits per heavy atom. The molecule has 38 heavy (non-hydrogen) atoms. The van der Waals surface area contributed by atoms with Gasteiger partial charge in [0.1, 0.15) is 17.6 Å². The molecule has 1 aliphatic heterocycles. The second-order valence-electron chi connectivity index (χ2n) is 9.45. The van der Waals surface area contributed by atoms with E-state index in [9.17, 15) is 9.18 Å². The van der Waals surface area contributed by atoms with Crippen LogP contribution in [0.2, 0.25) is 0 Å². The Kier molecular flexibility index (Phi) is 6.43. The summed E-state index contributed by atoms with van der Waals surface area (Å²) in [6, 6.07) is 21.7. The Morgan fingerprint density at radius 1 is 1.05 bits per heavy atom. The fraction of sp³-hybridized carbons (Fsp3) is 0.241. The number of ether oxygens (including phenoxy) is 1. The molecule has 1 atom stereocenters. The summed E-state index contributed by atoms with van der Waals surface area (Å²) in [5, 5.41) is 13.5. The lowest BCUT2D eigenvalue weighted by molar-refractivity contribution is 0.194. The topological polar surface area (TPSA) is 88.9 Å². The molecule has 9 heteroatoms. The number of halogens is 1. The van der Waals surface area contributed by atoms with E-state index in [1.165, 1.54) is 23.3 Å². The average molecular weight is 511 g/mol. The van der Waals surface area contributed by atoms with Crippen molar-refractivity contribution in [2.45, 2.75) is 32.5 Å². The van der Waals surface area contributed by atoms with Crippen molar-refractivity contribution in [3.8, 4) is 5.75 Å². The maximum absolute atomic E-state index is 13.5. The van der Waals surface area contributed by atoms with Gasteiger partial charge in [-0.15, -0.1) is 5.10 Å². The molecule has 0 spiro atoms. The molecule has 5 aromatic rings. The Hall–Kier alpha value is -4.37. The minimum Gasteiger partial charge on any atom is -0.494 e. The number of hydrogen-bond acceptors (Lipinski definition) is 6. The maximum Gasteiger partial charge on any atom is 0.253 e. The monoisotopic (exact) mass is 510 g/mol. The van der Waals surface area contributed by atoms with Crippen LogP contribution in [-0.2, 0) is 19.5 Å². The molecule has 192 valence electrons. The summed E-state index contributed by atoms with van der Waals surface area (Å²) >= 11 is 0. The minimum atomic E-state index is -0.497. The van der Waals surface area contributed by atoms with Gasteiger partial charge in [0.2, 0.25) is 0 Å². The molecular formula is C29H27FN6O2. The number of pyridine rings is 1. The molecule has 2 aromatic heterocycles. The van der Waals surface area contributed by atoms with Gasteiger partial charge in [0.25, 0.3) is 5.56 Å². The summed E-state index contributed by atoms with van der Waals surface area (Å²) in [7, 11) is 0. The van der Waals surface area contributed by atoms with Crippen LogP contribution in [0.25, 0.3) is 10.9 Å². The number of nitrogens with zero attached hydrogens (tertiary/aromatic N) is 5.